The van der Waals surface area contributed by atoms with Crippen molar-refractivity contribution in [1.82, 2.24) is 25.1 Å². The number of hydrogen-bond acceptors (Lipinski definition) is 6. The quantitative estimate of drug-likeness (QED) is 0.510. The fourth-order valence-corrected chi connectivity index (χ4v) is 5.54. The van der Waals surface area contributed by atoms with Gasteiger partial charge in [-0.05, 0) is 48.1 Å². The summed E-state index contributed by atoms with van der Waals surface area (Å²) in [6.45, 7) is 4.79. The van der Waals surface area contributed by atoms with Crippen LogP contribution in [0.1, 0.15) is 25.0 Å². The van der Waals surface area contributed by atoms with Crippen molar-refractivity contribution in [3.63, 3.8) is 0 Å². The molecule has 0 unspecified atom stereocenters. The molecule has 41 heavy (non-hydrogen) atoms. The maximum absolute atomic E-state index is 13.8. The number of fused-ring (bicyclic) bond motifs is 5. The Morgan fingerprint density at radius 2 is 1.85 bits per heavy atom. The smallest absolute Gasteiger partial charge is 0.242 e. The number of aromatic nitrogens is 2. The van der Waals surface area contributed by atoms with Crippen molar-refractivity contribution in [3.05, 3.63) is 66.0 Å². The van der Waals surface area contributed by atoms with E-state index < -0.39 is 6.04 Å². The Hall–Kier alpha value is -4.34. The van der Waals surface area contributed by atoms with Crippen molar-refractivity contribution >= 4 is 17.7 Å². The van der Waals surface area contributed by atoms with E-state index in [1.807, 2.05) is 67.1 Å². The van der Waals surface area contributed by atoms with Crippen molar-refractivity contribution in [2.24, 2.45) is 11.8 Å². The minimum absolute atomic E-state index is 0.105. The second-order valence-corrected chi connectivity index (χ2v) is 10.9. The molecule has 2 bridgehead atoms. The van der Waals surface area contributed by atoms with Gasteiger partial charge in [0.15, 0.2) is 11.5 Å². The van der Waals surface area contributed by atoms with Crippen LogP contribution in [0.25, 0.3) is 11.4 Å². The number of imidazole rings is 1. The van der Waals surface area contributed by atoms with E-state index in [0.717, 1.165) is 22.5 Å². The van der Waals surface area contributed by atoms with E-state index in [4.69, 9.17) is 9.47 Å². The molecule has 0 saturated carbocycles. The van der Waals surface area contributed by atoms with E-state index in [1.165, 1.54) is 0 Å². The lowest BCUT2D eigenvalue weighted by Crippen LogP contribution is -2.53. The topological polar surface area (TPSA) is 115 Å². The molecule has 1 aliphatic carbocycles. The second kappa shape index (κ2) is 12.4. The van der Waals surface area contributed by atoms with Gasteiger partial charge in [-0.25, -0.2) is 4.98 Å². The summed E-state index contributed by atoms with van der Waals surface area (Å²) in [6, 6.07) is 12.9. The van der Waals surface area contributed by atoms with E-state index in [0.29, 0.717) is 37.4 Å². The predicted octanol–water partition coefficient (Wildman–Crippen LogP) is 2.45. The van der Waals surface area contributed by atoms with Crippen LogP contribution in [0.15, 0.2) is 54.9 Å². The molecule has 0 saturated heterocycles. The monoisotopic (exact) mass is 559 g/mol. The Morgan fingerprint density at radius 3 is 2.56 bits per heavy atom. The Bertz CT molecular complexity index is 1390. The Kier molecular flexibility index (Phi) is 8.56. The van der Waals surface area contributed by atoms with Crippen molar-refractivity contribution in [2.75, 3.05) is 33.4 Å². The molecule has 1 aromatic heterocycles. The molecule has 216 valence electrons. The molecule has 2 aromatic carbocycles. The van der Waals surface area contributed by atoms with E-state index in [2.05, 4.69) is 15.6 Å². The molecule has 10 nitrogen and oxygen atoms in total. The summed E-state index contributed by atoms with van der Waals surface area (Å²) >= 11 is 0. The van der Waals surface area contributed by atoms with E-state index >= 15 is 0 Å². The van der Waals surface area contributed by atoms with Crippen LogP contribution >= 0.6 is 0 Å². The third-order valence-electron chi connectivity index (χ3n) is 7.72. The first-order valence-electron chi connectivity index (χ1n) is 14.1. The zero-order valence-corrected chi connectivity index (χ0v) is 23.8. The van der Waals surface area contributed by atoms with Crippen molar-refractivity contribution in [1.29, 1.82) is 0 Å². The van der Waals surface area contributed by atoms with E-state index in [1.54, 1.807) is 18.2 Å². The summed E-state index contributed by atoms with van der Waals surface area (Å²) in [5.74, 6) is 0.641. The van der Waals surface area contributed by atoms with Gasteiger partial charge in [0.25, 0.3) is 0 Å². The van der Waals surface area contributed by atoms with Gasteiger partial charge in [0.1, 0.15) is 18.5 Å². The summed E-state index contributed by atoms with van der Waals surface area (Å²) in [7, 11) is 1.57. The number of rotatable bonds is 3. The summed E-state index contributed by atoms with van der Waals surface area (Å²) < 4.78 is 13.6. The van der Waals surface area contributed by atoms with Crippen LogP contribution in [-0.2, 0) is 33.8 Å². The number of methoxy groups -OCH3 is 1. The van der Waals surface area contributed by atoms with Gasteiger partial charge in [-0.2, -0.15) is 0 Å². The highest BCUT2D eigenvalue weighted by atomic mass is 16.5. The summed E-state index contributed by atoms with van der Waals surface area (Å²) in [4.78, 5) is 46.2. The number of carbonyl (C=O) groups is 3. The van der Waals surface area contributed by atoms with Crippen LogP contribution < -0.4 is 20.1 Å². The molecule has 10 heteroatoms. The van der Waals surface area contributed by atoms with Crippen LogP contribution in [0, 0.1) is 11.8 Å². The van der Waals surface area contributed by atoms with Gasteiger partial charge >= 0.3 is 0 Å². The fraction of sp³-hybridized carbons (Fsp3) is 0.419. The van der Waals surface area contributed by atoms with Crippen LogP contribution in [0.3, 0.4) is 0 Å². The molecular weight excluding hydrogens is 522 g/mol. The predicted molar refractivity (Wildman–Crippen MR) is 153 cm³/mol. The lowest BCUT2D eigenvalue weighted by molar-refractivity contribution is -0.140. The highest BCUT2D eigenvalue weighted by Gasteiger charge is 2.32. The number of benzene rings is 2. The molecule has 2 heterocycles. The molecule has 3 aromatic rings. The molecule has 0 spiro atoms. The van der Waals surface area contributed by atoms with Gasteiger partial charge in [0.2, 0.25) is 17.7 Å². The average molecular weight is 560 g/mol. The SMILES string of the molecule is COc1ccc2cc1OCCN(C(=O)C1Cc3ccccc3C1)CC(=O)N[C@H](C(C)C)C(=O)NCCn1ccnc1-2. The van der Waals surface area contributed by atoms with Crippen LogP contribution in [0.5, 0.6) is 11.5 Å². The molecule has 0 radical (unpaired) electrons. The standard InChI is InChI=1S/C31H37N5O5/c1-20(2)28-30(38)33-11-13-35-12-10-32-29(35)23-8-9-25(40-3)26(18-23)41-15-14-36(19-27(37)34-28)31(39)24-16-21-6-4-5-7-22(21)17-24/h4-10,12,18,20,24,28H,11,13-17,19H2,1-3H3,(H,33,38)(H,34,37)/t28-/m1/s1. The summed E-state index contributed by atoms with van der Waals surface area (Å²) in [5.41, 5.74) is 3.15. The average Bonchev–Trinajstić information content (AvgIpc) is 3.61. The zero-order valence-electron chi connectivity index (χ0n) is 23.8. The van der Waals surface area contributed by atoms with Gasteiger partial charge in [0, 0.05) is 37.0 Å². The highest BCUT2D eigenvalue weighted by molar-refractivity contribution is 5.91. The van der Waals surface area contributed by atoms with E-state index in [9.17, 15) is 14.4 Å². The number of hydrogen-bond donors (Lipinski definition) is 2. The summed E-state index contributed by atoms with van der Waals surface area (Å²) in [5, 5.41) is 5.81. The first kappa shape index (κ1) is 28.2. The molecule has 2 aliphatic rings. The largest absolute Gasteiger partial charge is 0.493 e. The van der Waals surface area contributed by atoms with Gasteiger partial charge in [-0.1, -0.05) is 38.1 Å². The van der Waals surface area contributed by atoms with Crippen molar-refractivity contribution in [3.8, 4) is 22.9 Å². The Labute approximate surface area is 240 Å². The molecule has 1 aliphatic heterocycles. The normalized spacial score (nSPS) is 18.5. The van der Waals surface area contributed by atoms with Crippen molar-refractivity contribution in [2.45, 2.75) is 39.3 Å². The maximum atomic E-state index is 13.8. The van der Waals surface area contributed by atoms with Crippen LogP contribution in [0.4, 0.5) is 0 Å². The highest BCUT2D eigenvalue weighted by Crippen LogP contribution is 2.32. The van der Waals surface area contributed by atoms with Gasteiger partial charge in [0.05, 0.1) is 20.2 Å². The first-order chi connectivity index (χ1) is 19.8. The first-order valence-corrected chi connectivity index (χ1v) is 14.1. The number of nitrogens with zero attached hydrogens (tertiary/aromatic N) is 3. The minimum atomic E-state index is -0.733. The third-order valence-corrected chi connectivity index (χ3v) is 7.72. The molecule has 5 rings (SSSR count). The second-order valence-electron chi connectivity index (χ2n) is 10.9. The van der Waals surface area contributed by atoms with Gasteiger partial charge < -0.3 is 29.6 Å². The Morgan fingerprint density at radius 1 is 1.10 bits per heavy atom. The Balaban J connectivity index is 1.42. The number of amides is 3. The number of ether oxygens (including phenoxy) is 2. The number of nitrogens with one attached hydrogen (secondary N) is 2. The lowest BCUT2D eigenvalue weighted by Gasteiger charge is -2.27. The fourth-order valence-electron chi connectivity index (χ4n) is 5.54. The van der Waals surface area contributed by atoms with Gasteiger partial charge in [-0.15, -0.1) is 0 Å². The molecular formula is C31H37N5O5. The zero-order chi connectivity index (χ0) is 28.9. The number of carbonyl (C=O) groups excluding carboxylic acids is 3. The molecule has 3 amide bonds. The van der Waals surface area contributed by atoms with Gasteiger partial charge in [-0.3, -0.25) is 14.4 Å². The van der Waals surface area contributed by atoms with Crippen molar-refractivity contribution < 1.29 is 23.9 Å². The lowest BCUT2D eigenvalue weighted by atomic mass is 10.0. The van der Waals surface area contributed by atoms with Crippen LogP contribution in [-0.4, -0.2) is 71.6 Å². The minimum Gasteiger partial charge on any atom is -0.493 e. The molecule has 1 atom stereocenters. The molecule has 2 N–H and O–H groups in total. The summed E-state index contributed by atoms with van der Waals surface area (Å²) in [6.07, 6.45) is 4.83. The third kappa shape index (κ3) is 6.37. The van der Waals surface area contributed by atoms with Crippen LogP contribution in [0.2, 0.25) is 0 Å². The molecule has 0 fully saturated rings. The van der Waals surface area contributed by atoms with E-state index in [-0.39, 0.29) is 49.3 Å². The maximum Gasteiger partial charge on any atom is 0.242 e.